The number of hydrogen-bond donors (Lipinski definition) is 2. The largest absolute Gasteiger partial charge is 0.495 e. The number of nitrogens with one attached hydrogen (secondary N) is 1. The van der Waals surface area contributed by atoms with Gasteiger partial charge in [0.25, 0.3) is 0 Å². The number of methoxy groups -OCH3 is 1. The van der Waals surface area contributed by atoms with E-state index in [-0.39, 0.29) is 0 Å². The molecular formula is C30H38N6O2+2. The predicted octanol–water partition coefficient (Wildman–Crippen LogP) is 3.03. The third-order valence-electron chi connectivity index (χ3n) is 6.82. The fourth-order valence-electron chi connectivity index (χ4n) is 4.54. The first kappa shape index (κ1) is 27.1. The SMILES string of the molecule is CCC[NH3+].COc1cc(-c2cnn3cc(-c4ccc(OCC[NH+]5CCCCC5)cc4)cnc23)ccc1C#N. The van der Waals surface area contributed by atoms with Gasteiger partial charge in [0.2, 0.25) is 0 Å². The zero-order valence-electron chi connectivity index (χ0n) is 22.4. The molecule has 2 aromatic carbocycles. The van der Waals surface area contributed by atoms with E-state index in [1.807, 2.05) is 36.7 Å². The third kappa shape index (κ3) is 6.68. The van der Waals surface area contributed by atoms with E-state index in [9.17, 15) is 5.26 Å². The summed E-state index contributed by atoms with van der Waals surface area (Å²) in [6.07, 6.45) is 10.9. The van der Waals surface area contributed by atoms with Gasteiger partial charge in [0.1, 0.15) is 30.7 Å². The molecule has 8 nitrogen and oxygen atoms in total. The summed E-state index contributed by atoms with van der Waals surface area (Å²) in [6, 6.07) is 15.8. The summed E-state index contributed by atoms with van der Waals surface area (Å²) in [5.41, 5.74) is 8.67. The van der Waals surface area contributed by atoms with Crippen molar-refractivity contribution in [2.24, 2.45) is 0 Å². The van der Waals surface area contributed by atoms with Crippen LogP contribution in [0.15, 0.2) is 61.1 Å². The van der Waals surface area contributed by atoms with Gasteiger partial charge in [-0.3, -0.25) is 0 Å². The monoisotopic (exact) mass is 514 g/mol. The standard InChI is InChI=1S/C27H27N5O2.C3H9N/c1-33-26-15-21(5-6-22(26)16-28)25-18-30-32-19-23(17-29-27(25)32)20-7-9-24(10-8-20)34-14-13-31-11-3-2-4-12-31;1-2-3-4/h5-10,15,17-19H,2-4,11-14H2,1H3;2-4H2,1H3/p+2. The Balaban J connectivity index is 0.000000786. The van der Waals surface area contributed by atoms with E-state index in [2.05, 4.69) is 40.9 Å². The van der Waals surface area contributed by atoms with Gasteiger partial charge in [-0.2, -0.15) is 10.4 Å². The molecule has 1 fully saturated rings. The number of quaternary nitrogens is 2. The Bertz CT molecular complexity index is 1350. The highest BCUT2D eigenvalue weighted by molar-refractivity contribution is 5.79. The van der Waals surface area contributed by atoms with E-state index in [0.717, 1.165) is 53.3 Å². The van der Waals surface area contributed by atoms with Crippen LogP contribution in [0.25, 0.3) is 27.9 Å². The predicted molar refractivity (Wildman–Crippen MR) is 148 cm³/mol. The van der Waals surface area contributed by atoms with Gasteiger partial charge >= 0.3 is 0 Å². The molecule has 8 heteroatoms. The van der Waals surface area contributed by atoms with Crippen molar-refractivity contribution in [3.8, 4) is 39.8 Å². The molecule has 4 aromatic rings. The number of nitriles is 1. The Labute approximate surface area is 224 Å². The highest BCUT2D eigenvalue weighted by atomic mass is 16.5. The molecule has 0 radical (unpaired) electrons. The molecule has 0 atom stereocenters. The highest BCUT2D eigenvalue weighted by Crippen LogP contribution is 2.30. The minimum Gasteiger partial charge on any atom is -0.495 e. The Morgan fingerprint density at radius 3 is 2.45 bits per heavy atom. The fraction of sp³-hybridized carbons (Fsp3) is 0.367. The Morgan fingerprint density at radius 2 is 1.76 bits per heavy atom. The summed E-state index contributed by atoms with van der Waals surface area (Å²) in [4.78, 5) is 6.33. The van der Waals surface area contributed by atoms with Gasteiger partial charge in [-0.05, 0) is 61.1 Å². The van der Waals surface area contributed by atoms with Crippen molar-refractivity contribution < 1.29 is 20.1 Å². The van der Waals surface area contributed by atoms with E-state index in [1.165, 1.54) is 38.8 Å². The van der Waals surface area contributed by atoms with Crippen LogP contribution >= 0.6 is 0 Å². The molecule has 0 unspecified atom stereocenters. The lowest BCUT2D eigenvalue weighted by molar-refractivity contribution is -0.904. The normalized spacial score (nSPS) is 13.4. The maximum atomic E-state index is 9.23. The zero-order chi connectivity index (χ0) is 26.7. The van der Waals surface area contributed by atoms with E-state index in [4.69, 9.17) is 9.47 Å². The molecule has 4 N–H and O–H groups in total. The van der Waals surface area contributed by atoms with Gasteiger partial charge in [-0.15, -0.1) is 0 Å². The average Bonchev–Trinajstić information content (AvgIpc) is 3.41. The number of ether oxygens (including phenoxy) is 2. The summed E-state index contributed by atoms with van der Waals surface area (Å²) in [5.74, 6) is 1.43. The second-order valence-corrected chi connectivity index (χ2v) is 9.48. The molecule has 198 valence electrons. The maximum Gasteiger partial charge on any atom is 0.162 e. The van der Waals surface area contributed by atoms with Gasteiger partial charge in [0.05, 0.1) is 38.5 Å². The first-order valence-electron chi connectivity index (χ1n) is 13.4. The van der Waals surface area contributed by atoms with E-state index >= 15 is 0 Å². The molecule has 1 saturated heterocycles. The van der Waals surface area contributed by atoms with Crippen LogP contribution in [0.5, 0.6) is 11.5 Å². The van der Waals surface area contributed by atoms with Crippen molar-refractivity contribution >= 4 is 5.65 Å². The van der Waals surface area contributed by atoms with Gasteiger partial charge in [-0.25, -0.2) is 9.50 Å². The number of rotatable bonds is 8. The average molecular weight is 515 g/mol. The molecule has 0 amide bonds. The molecule has 0 saturated carbocycles. The summed E-state index contributed by atoms with van der Waals surface area (Å²) >= 11 is 0. The van der Waals surface area contributed by atoms with Crippen molar-refractivity contribution in [1.29, 1.82) is 5.26 Å². The lowest BCUT2D eigenvalue weighted by Gasteiger charge is -2.23. The second kappa shape index (κ2) is 13.6. The van der Waals surface area contributed by atoms with Gasteiger partial charge in [-0.1, -0.05) is 25.1 Å². The second-order valence-electron chi connectivity index (χ2n) is 9.48. The van der Waals surface area contributed by atoms with Crippen LogP contribution in [-0.4, -0.2) is 54.5 Å². The first-order chi connectivity index (χ1) is 18.7. The van der Waals surface area contributed by atoms with Gasteiger partial charge in [0, 0.05) is 23.5 Å². The number of piperidine rings is 1. The summed E-state index contributed by atoms with van der Waals surface area (Å²) in [7, 11) is 1.56. The van der Waals surface area contributed by atoms with Crippen LogP contribution in [0.3, 0.4) is 0 Å². The van der Waals surface area contributed by atoms with Crippen LogP contribution in [0, 0.1) is 11.3 Å². The zero-order valence-corrected chi connectivity index (χ0v) is 22.4. The number of hydrogen-bond acceptors (Lipinski definition) is 5. The minimum absolute atomic E-state index is 0.498. The highest BCUT2D eigenvalue weighted by Gasteiger charge is 2.14. The van der Waals surface area contributed by atoms with Crippen LogP contribution in [0.1, 0.15) is 38.2 Å². The van der Waals surface area contributed by atoms with Crippen molar-refractivity contribution in [2.75, 3.05) is 39.9 Å². The van der Waals surface area contributed by atoms with Crippen molar-refractivity contribution in [2.45, 2.75) is 32.6 Å². The Morgan fingerprint density at radius 1 is 1.03 bits per heavy atom. The molecule has 1 aliphatic heterocycles. The molecule has 2 aromatic heterocycles. The first-order valence-corrected chi connectivity index (χ1v) is 13.4. The summed E-state index contributed by atoms with van der Waals surface area (Å²) in [6.45, 7) is 7.54. The van der Waals surface area contributed by atoms with E-state index in [0.29, 0.717) is 11.3 Å². The number of nitrogens with zero attached hydrogens (tertiary/aromatic N) is 4. The number of aromatic nitrogens is 3. The maximum absolute atomic E-state index is 9.23. The summed E-state index contributed by atoms with van der Waals surface area (Å²) < 4.78 is 13.1. The lowest BCUT2D eigenvalue weighted by Crippen LogP contribution is -3.13. The van der Waals surface area contributed by atoms with Crippen molar-refractivity contribution in [3.63, 3.8) is 0 Å². The fourth-order valence-corrected chi connectivity index (χ4v) is 4.54. The molecule has 3 heterocycles. The lowest BCUT2D eigenvalue weighted by atomic mass is 10.1. The third-order valence-corrected chi connectivity index (χ3v) is 6.82. The summed E-state index contributed by atoms with van der Waals surface area (Å²) in [5, 5.41) is 13.7. The molecule has 0 bridgehead atoms. The van der Waals surface area contributed by atoms with Crippen LogP contribution in [0.2, 0.25) is 0 Å². The van der Waals surface area contributed by atoms with Gasteiger partial charge in [0.15, 0.2) is 5.65 Å². The smallest absolute Gasteiger partial charge is 0.162 e. The molecular weight excluding hydrogens is 476 g/mol. The number of fused-ring (bicyclic) bond motifs is 1. The minimum atomic E-state index is 0.498. The van der Waals surface area contributed by atoms with E-state index in [1.54, 1.807) is 28.8 Å². The van der Waals surface area contributed by atoms with Gasteiger partial charge < -0.3 is 20.1 Å². The van der Waals surface area contributed by atoms with E-state index < -0.39 is 0 Å². The number of benzene rings is 2. The van der Waals surface area contributed by atoms with Crippen molar-refractivity contribution in [3.05, 3.63) is 66.6 Å². The van der Waals surface area contributed by atoms with Crippen molar-refractivity contribution in [1.82, 2.24) is 14.6 Å². The topological polar surface area (TPSA) is 105 Å². The quantitative estimate of drug-likeness (QED) is 0.376. The molecule has 0 spiro atoms. The van der Waals surface area contributed by atoms with Crippen LogP contribution in [-0.2, 0) is 0 Å². The molecule has 1 aliphatic rings. The molecule has 38 heavy (non-hydrogen) atoms. The Hall–Kier alpha value is -3.93. The number of likely N-dealkylation sites (tertiary alicyclic amines) is 1. The molecule has 0 aliphatic carbocycles. The van der Waals surface area contributed by atoms with Crippen LogP contribution < -0.4 is 20.1 Å². The Kier molecular flexibility index (Phi) is 9.68. The van der Waals surface area contributed by atoms with Crippen LogP contribution in [0.4, 0.5) is 0 Å². The molecule has 5 rings (SSSR count).